The first-order chi connectivity index (χ1) is 13.0. The zero-order valence-electron chi connectivity index (χ0n) is 15.0. The normalized spacial score (nSPS) is 13.3. The molecule has 1 aromatic heterocycles. The maximum atomic E-state index is 13.3. The van der Waals surface area contributed by atoms with E-state index in [4.69, 9.17) is 0 Å². The van der Waals surface area contributed by atoms with Crippen molar-refractivity contribution in [3.63, 3.8) is 0 Å². The molecule has 5 nitrogen and oxygen atoms in total. The van der Waals surface area contributed by atoms with Crippen molar-refractivity contribution in [2.75, 3.05) is 16.8 Å². The monoisotopic (exact) mass is 363 g/mol. The third kappa shape index (κ3) is 2.89. The predicted molar refractivity (Wildman–Crippen MR) is 102 cm³/mol. The molecule has 0 aliphatic carbocycles. The van der Waals surface area contributed by atoms with Crippen molar-refractivity contribution in [2.24, 2.45) is 0 Å². The number of nitrogens with one attached hydrogen (secondary N) is 1. The molecular formula is C21H18FN3O2. The Morgan fingerprint density at radius 3 is 2.52 bits per heavy atom. The van der Waals surface area contributed by atoms with E-state index in [-0.39, 0.29) is 24.2 Å². The standard InChI is InChI=1S/C21H18FN3O2/c1-13-11-17(14(2)25(13)16-9-7-15(22)8-10-16)21(27)24-12-20(26)23-18-5-3-4-6-19(18)24/h3-11H,12H2,1-2H3,(H,23,26). The van der Waals surface area contributed by atoms with Gasteiger partial charge in [-0.2, -0.15) is 0 Å². The van der Waals surface area contributed by atoms with Crippen molar-refractivity contribution in [2.45, 2.75) is 13.8 Å². The highest BCUT2D eigenvalue weighted by atomic mass is 19.1. The van der Waals surface area contributed by atoms with Crippen LogP contribution in [-0.2, 0) is 4.79 Å². The van der Waals surface area contributed by atoms with Crippen LogP contribution >= 0.6 is 0 Å². The minimum atomic E-state index is -0.312. The Labute approximate surface area is 156 Å². The van der Waals surface area contributed by atoms with Gasteiger partial charge in [0.05, 0.1) is 16.9 Å². The lowest BCUT2D eigenvalue weighted by Gasteiger charge is -2.29. The van der Waals surface area contributed by atoms with E-state index in [2.05, 4.69) is 5.32 Å². The molecule has 0 saturated heterocycles. The third-order valence-electron chi connectivity index (χ3n) is 4.76. The van der Waals surface area contributed by atoms with Gasteiger partial charge in [0.15, 0.2) is 0 Å². The molecule has 0 bridgehead atoms. The van der Waals surface area contributed by atoms with E-state index in [9.17, 15) is 14.0 Å². The Balaban J connectivity index is 1.77. The van der Waals surface area contributed by atoms with Crippen molar-refractivity contribution >= 4 is 23.2 Å². The molecule has 136 valence electrons. The van der Waals surface area contributed by atoms with Gasteiger partial charge in [0.1, 0.15) is 12.4 Å². The fraction of sp³-hybridized carbons (Fsp3) is 0.143. The molecule has 1 aliphatic rings. The number of anilines is 2. The number of aromatic nitrogens is 1. The van der Waals surface area contributed by atoms with Gasteiger partial charge in [0.2, 0.25) is 5.91 Å². The third-order valence-corrected chi connectivity index (χ3v) is 4.76. The van der Waals surface area contributed by atoms with Crippen molar-refractivity contribution in [3.05, 3.63) is 77.4 Å². The number of hydrogen-bond donors (Lipinski definition) is 1. The molecule has 2 heterocycles. The Kier molecular flexibility index (Phi) is 4.03. The Hall–Kier alpha value is -3.41. The highest BCUT2D eigenvalue weighted by Crippen LogP contribution is 2.31. The van der Waals surface area contributed by atoms with Crippen LogP contribution in [0.3, 0.4) is 0 Å². The van der Waals surface area contributed by atoms with Gasteiger partial charge >= 0.3 is 0 Å². The van der Waals surface area contributed by atoms with Crippen LogP contribution in [0.4, 0.5) is 15.8 Å². The first-order valence-corrected chi connectivity index (χ1v) is 8.61. The molecule has 0 radical (unpaired) electrons. The van der Waals surface area contributed by atoms with Crippen molar-refractivity contribution in [1.29, 1.82) is 0 Å². The maximum absolute atomic E-state index is 13.3. The molecule has 0 unspecified atom stereocenters. The number of nitrogens with zero attached hydrogens (tertiary/aromatic N) is 2. The van der Waals surface area contributed by atoms with E-state index >= 15 is 0 Å². The number of rotatable bonds is 2. The second kappa shape index (κ2) is 6.39. The summed E-state index contributed by atoms with van der Waals surface area (Å²) >= 11 is 0. The summed E-state index contributed by atoms with van der Waals surface area (Å²) in [5.41, 5.74) is 4.19. The largest absolute Gasteiger partial charge is 0.323 e. The van der Waals surface area contributed by atoms with Gasteiger partial charge in [0, 0.05) is 17.1 Å². The zero-order valence-corrected chi connectivity index (χ0v) is 15.0. The smallest absolute Gasteiger partial charge is 0.260 e. The zero-order chi connectivity index (χ0) is 19.1. The number of halogens is 1. The second-order valence-electron chi connectivity index (χ2n) is 6.55. The summed E-state index contributed by atoms with van der Waals surface area (Å²) in [7, 11) is 0. The van der Waals surface area contributed by atoms with Crippen LogP contribution in [0, 0.1) is 19.7 Å². The second-order valence-corrected chi connectivity index (χ2v) is 6.55. The van der Waals surface area contributed by atoms with Crippen molar-refractivity contribution in [3.8, 4) is 5.69 Å². The summed E-state index contributed by atoms with van der Waals surface area (Å²) < 4.78 is 15.2. The summed E-state index contributed by atoms with van der Waals surface area (Å²) in [5, 5.41) is 2.78. The molecule has 4 rings (SSSR count). The SMILES string of the molecule is Cc1cc(C(=O)N2CC(=O)Nc3ccccc32)c(C)n1-c1ccc(F)cc1. The highest BCUT2D eigenvalue weighted by Gasteiger charge is 2.29. The summed E-state index contributed by atoms with van der Waals surface area (Å²) in [5.74, 6) is -0.776. The predicted octanol–water partition coefficient (Wildman–Crippen LogP) is 3.83. The molecule has 0 spiro atoms. The number of carbonyl (C=O) groups excluding carboxylic acids is 2. The number of carbonyl (C=O) groups is 2. The molecule has 0 fully saturated rings. The van der Waals surface area contributed by atoms with Gasteiger partial charge < -0.3 is 9.88 Å². The number of hydrogen-bond acceptors (Lipinski definition) is 2. The minimum Gasteiger partial charge on any atom is -0.323 e. The number of benzene rings is 2. The fourth-order valence-electron chi connectivity index (χ4n) is 3.53. The molecule has 0 saturated carbocycles. The lowest BCUT2D eigenvalue weighted by atomic mass is 10.1. The van der Waals surface area contributed by atoms with Gasteiger partial charge in [-0.3, -0.25) is 14.5 Å². The van der Waals surface area contributed by atoms with Crippen LogP contribution in [0.5, 0.6) is 0 Å². The molecule has 1 N–H and O–H groups in total. The minimum absolute atomic E-state index is 0.0317. The number of para-hydroxylation sites is 2. The first-order valence-electron chi connectivity index (χ1n) is 8.61. The average Bonchev–Trinajstić information content (AvgIpc) is 2.95. The van der Waals surface area contributed by atoms with E-state index < -0.39 is 0 Å². The first kappa shape index (κ1) is 17.0. The van der Waals surface area contributed by atoms with E-state index in [0.29, 0.717) is 16.9 Å². The lowest BCUT2D eigenvalue weighted by Crippen LogP contribution is -2.42. The topological polar surface area (TPSA) is 54.3 Å². The fourth-order valence-corrected chi connectivity index (χ4v) is 3.53. The molecule has 0 atom stereocenters. The number of fused-ring (bicyclic) bond motifs is 1. The van der Waals surface area contributed by atoms with Crippen LogP contribution < -0.4 is 10.2 Å². The highest BCUT2D eigenvalue weighted by molar-refractivity contribution is 6.15. The molecule has 6 heteroatoms. The van der Waals surface area contributed by atoms with E-state index in [1.807, 2.05) is 36.6 Å². The van der Waals surface area contributed by atoms with Crippen molar-refractivity contribution in [1.82, 2.24) is 4.57 Å². The molecule has 2 aromatic carbocycles. The quantitative estimate of drug-likeness (QED) is 0.752. The van der Waals surface area contributed by atoms with Gasteiger partial charge in [-0.05, 0) is 56.3 Å². The molecule has 3 aromatic rings. The summed E-state index contributed by atoms with van der Waals surface area (Å²) in [6, 6.07) is 15.2. The van der Waals surface area contributed by atoms with Gasteiger partial charge in [0.25, 0.3) is 5.91 Å². The summed E-state index contributed by atoms with van der Waals surface area (Å²) in [6.45, 7) is 3.71. The van der Waals surface area contributed by atoms with Crippen LogP contribution in [0.15, 0.2) is 54.6 Å². The van der Waals surface area contributed by atoms with Crippen LogP contribution in [0.2, 0.25) is 0 Å². The van der Waals surface area contributed by atoms with Crippen LogP contribution in [0.1, 0.15) is 21.7 Å². The van der Waals surface area contributed by atoms with Gasteiger partial charge in [-0.25, -0.2) is 4.39 Å². The summed E-state index contributed by atoms with van der Waals surface area (Å²) in [4.78, 5) is 26.8. The van der Waals surface area contributed by atoms with Gasteiger partial charge in [-0.15, -0.1) is 0 Å². The van der Waals surface area contributed by atoms with Crippen LogP contribution in [0.25, 0.3) is 5.69 Å². The maximum Gasteiger partial charge on any atom is 0.260 e. The van der Waals surface area contributed by atoms with E-state index in [1.54, 1.807) is 24.3 Å². The Morgan fingerprint density at radius 2 is 1.78 bits per heavy atom. The number of aryl methyl sites for hydroxylation is 1. The van der Waals surface area contributed by atoms with Crippen LogP contribution in [-0.4, -0.2) is 22.9 Å². The Bertz CT molecular complexity index is 1050. The lowest BCUT2D eigenvalue weighted by molar-refractivity contribution is -0.115. The van der Waals surface area contributed by atoms with Gasteiger partial charge in [-0.1, -0.05) is 12.1 Å². The average molecular weight is 363 g/mol. The molecule has 27 heavy (non-hydrogen) atoms. The Morgan fingerprint density at radius 1 is 1.07 bits per heavy atom. The molecule has 2 amide bonds. The molecule has 1 aliphatic heterocycles. The van der Waals surface area contributed by atoms with E-state index in [0.717, 1.165) is 17.1 Å². The van der Waals surface area contributed by atoms with E-state index in [1.165, 1.54) is 17.0 Å². The molecular weight excluding hydrogens is 345 g/mol. The number of amides is 2. The van der Waals surface area contributed by atoms with Crippen molar-refractivity contribution < 1.29 is 14.0 Å². The summed E-state index contributed by atoms with van der Waals surface area (Å²) in [6.07, 6.45) is 0.